The van der Waals surface area contributed by atoms with Gasteiger partial charge in [0.25, 0.3) is 0 Å². The van der Waals surface area contributed by atoms with E-state index < -0.39 is 0 Å². The van der Waals surface area contributed by atoms with E-state index in [-0.39, 0.29) is 0 Å². The van der Waals surface area contributed by atoms with Crippen LogP contribution in [0.2, 0.25) is 0 Å². The molecule has 0 aliphatic heterocycles. The zero-order chi connectivity index (χ0) is 12.4. The molecule has 0 bridgehead atoms. The highest BCUT2D eigenvalue weighted by Crippen LogP contribution is 2.40. The summed E-state index contributed by atoms with van der Waals surface area (Å²) < 4.78 is 0. The normalized spacial score (nSPS) is 15.2. The molecule has 1 N–H and O–H groups in total. The molecule has 1 fully saturated rings. The molecular formula is C15H17N3. The Morgan fingerprint density at radius 3 is 2.50 bits per heavy atom. The molecule has 0 radical (unpaired) electrons. The van der Waals surface area contributed by atoms with Crippen LogP contribution in [0.1, 0.15) is 30.7 Å². The van der Waals surface area contributed by atoms with Gasteiger partial charge < -0.3 is 5.32 Å². The monoisotopic (exact) mass is 239 g/mol. The van der Waals surface area contributed by atoms with Crippen LogP contribution >= 0.6 is 0 Å². The maximum absolute atomic E-state index is 4.31. The minimum absolute atomic E-state index is 0.715. The van der Waals surface area contributed by atoms with Crippen molar-refractivity contribution in [2.75, 3.05) is 12.4 Å². The highest BCUT2D eigenvalue weighted by molar-refractivity contribution is 5.65. The maximum atomic E-state index is 4.31. The summed E-state index contributed by atoms with van der Waals surface area (Å²) in [6.07, 6.45) is 3.96. The smallest absolute Gasteiger partial charge is 0.148 e. The predicted octanol–water partition coefficient (Wildman–Crippen LogP) is 3.45. The Balaban J connectivity index is 1.99. The summed E-state index contributed by atoms with van der Waals surface area (Å²) >= 11 is 0. The van der Waals surface area contributed by atoms with Crippen LogP contribution in [0.25, 0.3) is 11.3 Å². The van der Waals surface area contributed by atoms with E-state index in [9.17, 15) is 0 Å². The number of anilines is 1. The number of nitrogens with zero attached hydrogens (tertiary/aromatic N) is 2. The number of nitrogens with one attached hydrogen (secondary N) is 1. The summed E-state index contributed by atoms with van der Waals surface area (Å²) in [6.45, 7) is 0. The minimum Gasteiger partial charge on any atom is -0.372 e. The lowest BCUT2D eigenvalue weighted by Gasteiger charge is -2.27. The Morgan fingerprint density at radius 1 is 1.06 bits per heavy atom. The summed E-state index contributed by atoms with van der Waals surface area (Å²) in [5.74, 6) is 1.52. The molecule has 3 heteroatoms. The van der Waals surface area contributed by atoms with Crippen LogP contribution in [-0.4, -0.2) is 17.2 Å². The largest absolute Gasteiger partial charge is 0.372 e. The SMILES string of the molecule is CNc1ccc(-c2ccccc2C2CCC2)nn1. The lowest BCUT2D eigenvalue weighted by molar-refractivity contribution is 0.420. The van der Waals surface area contributed by atoms with E-state index >= 15 is 0 Å². The van der Waals surface area contributed by atoms with Crippen molar-refractivity contribution < 1.29 is 0 Å². The van der Waals surface area contributed by atoms with Gasteiger partial charge in [-0.2, -0.15) is 0 Å². The minimum atomic E-state index is 0.715. The molecule has 1 aromatic carbocycles. The third kappa shape index (κ3) is 1.96. The van der Waals surface area contributed by atoms with Crippen LogP contribution in [0.4, 0.5) is 5.82 Å². The second-order valence-corrected chi connectivity index (χ2v) is 4.77. The molecule has 0 unspecified atom stereocenters. The van der Waals surface area contributed by atoms with Crippen LogP contribution in [0, 0.1) is 0 Å². The van der Waals surface area contributed by atoms with Crippen molar-refractivity contribution in [2.45, 2.75) is 25.2 Å². The fourth-order valence-corrected chi connectivity index (χ4v) is 2.41. The van der Waals surface area contributed by atoms with Crippen molar-refractivity contribution in [2.24, 2.45) is 0 Å². The van der Waals surface area contributed by atoms with Gasteiger partial charge in [-0.25, -0.2) is 0 Å². The summed E-state index contributed by atoms with van der Waals surface area (Å²) in [4.78, 5) is 0. The van der Waals surface area contributed by atoms with Gasteiger partial charge in [-0.15, -0.1) is 10.2 Å². The van der Waals surface area contributed by atoms with Crippen LogP contribution in [-0.2, 0) is 0 Å². The molecule has 0 atom stereocenters. The van der Waals surface area contributed by atoms with Crippen molar-refractivity contribution in [1.29, 1.82) is 0 Å². The highest BCUT2D eigenvalue weighted by Gasteiger charge is 2.22. The molecule has 1 aliphatic rings. The van der Waals surface area contributed by atoms with Gasteiger partial charge in [0, 0.05) is 12.6 Å². The first kappa shape index (κ1) is 11.2. The number of rotatable bonds is 3. The van der Waals surface area contributed by atoms with Gasteiger partial charge in [0.05, 0.1) is 5.69 Å². The Hall–Kier alpha value is -1.90. The quantitative estimate of drug-likeness (QED) is 0.891. The van der Waals surface area contributed by atoms with E-state index in [1.807, 2.05) is 19.2 Å². The first-order valence-electron chi connectivity index (χ1n) is 6.49. The molecule has 0 amide bonds. The van der Waals surface area contributed by atoms with Gasteiger partial charge in [0.15, 0.2) is 0 Å². The Labute approximate surface area is 107 Å². The van der Waals surface area contributed by atoms with Crippen LogP contribution in [0.5, 0.6) is 0 Å². The third-order valence-corrected chi connectivity index (χ3v) is 3.70. The number of aromatic nitrogens is 2. The number of benzene rings is 1. The third-order valence-electron chi connectivity index (χ3n) is 3.70. The second kappa shape index (κ2) is 4.77. The molecule has 18 heavy (non-hydrogen) atoms. The van der Waals surface area contributed by atoms with Gasteiger partial charge in [0.1, 0.15) is 5.82 Å². The fourth-order valence-electron chi connectivity index (χ4n) is 2.41. The maximum Gasteiger partial charge on any atom is 0.148 e. The summed E-state index contributed by atoms with van der Waals surface area (Å²) in [5.41, 5.74) is 3.63. The zero-order valence-electron chi connectivity index (χ0n) is 10.6. The van der Waals surface area contributed by atoms with E-state index in [1.165, 1.54) is 30.4 Å². The Kier molecular flexibility index (Phi) is 2.97. The average molecular weight is 239 g/mol. The molecule has 3 rings (SSSR count). The van der Waals surface area contributed by atoms with Crippen LogP contribution < -0.4 is 5.32 Å². The molecular weight excluding hydrogens is 222 g/mol. The molecule has 1 aliphatic carbocycles. The molecule has 3 nitrogen and oxygen atoms in total. The molecule has 1 heterocycles. The number of hydrogen-bond donors (Lipinski definition) is 1. The van der Waals surface area contributed by atoms with Crippen molar-refractivity contribution in [3.8, 4) is 11.3 Å². The second-order valence-electron chi connectivity index (χ2n) is 4.77. The van der Waals surface area contributed by atoms with Gasteiger partial charge in [-0.3, -0.25) is 0 Å². The van der Waals surface area contributed by atoms with Gasteiger partial charge in [-0.05, 0) is 36.5 Å². The summed E-state index contributed by atoms with van der Waals surface area (Å²) in [7, 11) is 1.85. The van der Waals surface area contributed by atoms with E-state index in [1.54, 1.807) is 0 Å². The van der Waals surface area contributed by atoms with Crippen LogP contribution in [0.3, 0.4) is 0 Å². The van der Waals surface area contributed by atoms with E-state index in [2.05, 4.69) is 39.8 Å². The van der Waals surface area contributed by atoms with E-state index in [0.717, 1.165) is 11.5 Å². The van der Waals surface area contributed by atoms with E-state index in [0.29, 0.717) is 5.92 Å². The topological polar surface area (TPSA) is 37.8 Å². The number of hydrogen-bond acceptors (Lipinski definition) is 3. The average Bonchev–Trinajstić information content (AvgIpc) is 2.38. The van der Waals surface area contributed by atoms with Gasteiger partial charge >= 0.3 is 0 Å². The van der Waals surface area contributed by atoms with Crippen molar-refractivity contribution >= 4 is 5.82 Å². The lowest BCUT2D eigenvalue weighted by Crippen LogP contribution is -2.10. The molecule has 0 saturated heterocycles. The highest BCUT2D eigenvalue weighted by atomic mass is 15.2. The molecule has 2 aromatic rings. The van der Waals surface area contributed by atoms with Crippen molar-refractivity contribution in [3.05, 3.63) is 42.0 Å². The first-order chi connectivity index (χ1) is 8.88. The molecule has 92 valence electrons. The fraction of sp³-hybridized carbons (Fsp3) is 0.333. The molecule has 1 aromatic heterocycles. The summed E-state index contributed by atoms with van der Waals surface area (Å²) in [6, 6.07) is 12.6. The Morgan fingerprint density at radius 2 is 1.89 bits per heavy atom. The van der Waals surface area contributed by atoms with Gasteiger partial charge in [-0.1, -0.05) is 30.7 Å². The summed E-state index contributed by atoms with van der Waals surface area (Å²) in [5, 5.41) is 11.5. The van der Waals surface area contributed by atoms with Crippen molar-refractivity contribution in [3.63, 3.8) is 0 Å². The Bertz CT molecular complexity index is 530. The predicted molar refractivity (Wildman–Crippen MR) is 73.6 cm³/mol. The lowest BCUT2D eigenvalue weighted by atomic mass is 9.78. The first-order valence-corrected chi connectivity index (χ1v) is 6.49. The molecule has 0 spiro atoms. The standard InChI is InChI=1S/C15H17N3/c1-16-15-10-9-14(17-18-15)13-8-3-2-7-12(13)11-5-4-6-11/h2-3,7-11H,4-6H2,1H3,(H,16,18). The van der Waals surface area contributed by atoms with E-state index in [4.69, 9.17) is 0 Å². The molecule has 1 saturated carbocycles. The van der Waals surface area contributed by atoms with Crippen molar-refractivity contribution in [1.82, 2.24) is 10.2 Å². The van der Waals surface area contributed by atoms with Crippen LogP contribution in [0.15, 0.2) is 36.4 Å². The van der Waals surface area contributed by atoms with Gasteiger partial charge in [0.2, 0.25) is 0 Å². The zero-order valence-corrected chi connectivity index (χ0v) is 10.6.